The lowest BCUT2D eigenvalue weighted by Crippen LogP contribution is -2.33. The second-order valence-corrected chi connectivity index (χ2v) is 27.1. The molecule has 472 valence electrons. The van der Waals surface area contributed by atoms with E-state index in [1.807, 2.05) is 49.9 Å². The summed E-state index contributed by atoms with van der Waals surface area (Å²) in [5, 5.41) is 16.2. The van der Waals surface area contributed by atoms with Gasteiger partial charge in [-0.3, -0.25) is 18.5 Å². The highest BCUT2D eigenvalue weighted by Gasteiger charge is 2.46. The summed E-state index contributed by atoms with van der Waals surface area (Å²) in [6.07, 6.45) is 12.8. The van der Waals surface area contributed by atoms with E-state index in [9.17, 15) is 61.8 Å². The Morgan fingerprint density at radius 2 is 1.36 bits per heavy atom. The van der Waals surface area contributed by atoms with E-state index in [2.05, 4.69) is 17.2 Å². The maximum absolute atomic E-state index is 12.8. The molecule has 5 rings (SSSR count). The summed E-state index contributed by atoms with van der Waals surface area (Å²) in [7, 11) is -18.1. The molecule has 3 aromatic rings. The molecule has 0 saturated heterocycles. The lowest BCUT2D eigenvalue weighted by molar-refractivity contribution is -0.437. The number of aliphatic hydroxyl groups excluding tert-OH is 1. The zero-order chi connectivity index (χ0) is 62.3. The van der Waals surface area contributed by atoms with Crippen LogP contribution in [0.25, 0.3) is 0 Å². The number of para-hydroxylation sites is 1. The number of anilines is 1. The lowest BCUT2D eigenvalue weighted by Gasteiger charge is -2.30. The molecule has 2 unspecified atom stereocenters. The fourth-order valence-electron chi connectivity index (χ4n) is 10.1. The maximum atomic E-state index is 12.8. The normalized spacial score (nSPS) is 17.1. The Balaban J connectivity index is 1.08. The average Bonchev–Trinajstić information content (AvgIpc) is 1.78. The van der Waals surface area contributed by atoms with Crippen molar-refractivity contribution in [2.75, 3.05) is 109 Å². The highest BCUT2D eigenvalue weighted by molar-refractivity contribution is 7.86. The van der Waals surface area contributed by atoms with Crippen molar-refractivity contribution >= 4 is 63.5 Å². The van der Waals surface area contributed by atoms with Gasteiger partial charge >= 0.3 is 0 Å². The van der Waals surface area contributed by atoms with Gasteiger partial charge in [0.15, 0.2) is 5.71 Å². The van der Waals surface area contributed by atoms with Crippen molar-refractivity contribution < 1.29 is 90.0 Å². The molecule has 2 aliphatic rings. The summed E-state index contributed by atoms with van der Waals surface area (Å²) in [6, 6.07) is 15.9. The first-order chi connectivity index (χ1) is 40.2. The average molecular weight is 1270 g/mol. The first-order valence-corrected chi connectivity index (χ1v) is 34.1. The molecule has 0 aromatic heterocycles. The van der Waals surface area contributed by atoms with Crippen LogP contribution in [0, 0.1) is 0 Å². The third-order valence-electron chi connectivity index (χ3n) is 14.3. The summed E-state index contributed by atoms with van der Waals surface area (Å²) in [5.74, 6) is -0.624. The smallest absolute Gasteiger partial charge is 0.294 e. The number of ether oxygens (including phenoxy) is 5. The number of nitrogens with zero attached hydrogens (tertiary/aromatic N) is 2. The zero-order valence-electron chi connectivity index (χ0n) is 48.4. The van der Waals surface area contributed by atoms with E-state index in [4.69, 9.17) is 23.7 Å². The van der Waals surface area contributed by atoms with Crippen molar-refractivity contribution in [3.05, 3.63) is 126 Å². The number of benzene rings is 3. The molecule has 3 aromatic carbocycles. The number of unbranched alkanes of at least 4 members (excludes halogenated alkanes) is 2. The molecule has 0 radical (unpaired) electrons. The molecule has 0 saturated carbocycles. The number of rotatable bonds is 41. The van der Waals surface area contributed by atoms with Gasteiger partial charge < -0.3 is 48.9 Å². The molecule has 85 heavy (non-hydrogen) atoms. The van der Waals surface area contributed by atoms with Crippen LogP contribution in [0.1, 0.15) is 82.4 Å². The van der Waals surface area contributed by atoms with Crippen LogP contribution >= 0.6 is 0 Å². The third-order valence-corrected chi connectivity index (χ3v) is 17.6. The van der Waals surface area contributed by atoms with Gasteiger partial charge in [0, 0.05) is 79.3 Å². The number of nitrogens with one attached hydrogen (secondary N) is 2. The van der Waals surface area contributed by atoms with Gasteiger partial charge in [-0.05, 0) is 100 Å². The molecule has 2 aliphatic heterocycles. The standard InChI is InChI=1S/C58H82N4O19S4/c1-5-16-45-17-11-12-18-53(45)81-44-46(63)43-59-27-31-77-33-35-79-37-38-80-36-34-78-32-28-60-56(64)21-10-7-13-26-58(4)50-42-48(85(74,75)76)23-25-52(50)62(30-15-40-83(68,69)70)55(58)20-9-6-8-19-54-57(2,3)49-41-47(84(71,72)73)22-24-51(49)61(54)29-14-39-82(65,66)67/h5-6,8-9,11-12,17-20,22-25,41-42,46,59,63H,1,7,10,13-16,21,26-40,43-44H2,2-4H3,(H4-,60,64,65,66,67,68,69,70,71,72,73,74,75,76). The first-order valence-electron chi connectivity index (χ1n) is 28.0. The van der Waals surface area contributed by atoms with Gasteiger partial charge in [-0.25, -0.2) is 8.42 Å². The molecule has 2 heterocycles. The van der Waals surface area contributed by atoms with E-state index in [0.717, 1.165) is 11.3 Å². The van der Waals surface area contributed by atoms with Crippen molar-refractivity contribution in [2.45, 2.75) is 98.9 Å². The van der Waals surface area contributed by atoms with Crippen LogP contribution in [-0.2, 0) is 81.5 Å². The summed E-state index contributed by atoms with van der Waals surface area (Å²) >= 11 is 0. The van der Waals surface area contributed by atoms with Gasteiger partial charge in [0.05, 0.1) is 83.9 Å². The van der Waals surface area contributed by atoms with Crippen LogP contribution in [0.5, 0.6) is 5.75 Å². The van der Waals surface area contributed by atoms with Crippen LogP contribution in [0.2, 0.25) is 0 Å². The Hall–Kier alpha value is -5.24. The predicted octanol–water partition coefficient (Wildman–Crippen LogP) is 5.43. The first kappa shape index (κ1) is 70.5. The zero-order valence-corrected chi connectivity index (χ0v) is 51.7. The molecule has 0 bridgehead atoms. The Morgan fingerprint density at radius 1 is 0.741 bits per heavy atom. The number of allylic oxidation sites excluding steroid dienone is 7. The fraction of sp³-hybridized carbons (Fsp3) is 0.517. The van der Waals surface area contributed by atoms with E-state index >= 15 is 0 Å². The van der Waals surface area contributed by atoms with Gasteiger partial charge in [0.25, 0.3) is 30.4 Å². The number of carbonyl (C=O) groups is 1. The van der Waals surface area contributed by atoms with Crippen molar-refractivity contribution in [3.8, 4) is 5.75 Å². The second-order valence-electron chi connectivity index (χ2n) is 21.1. The molecular weight excluding hydrogens is 1180 g/mol. The minimum atomic E-state index is -4.66. The number of amides is 1. The van der Waals surface area contributed by atoms with Crippen molar-refractivity contribution in [1.29, 1.82) is 0 Å². The van der Waals surface area contributed by atoms with Gasteiger partial charge in [0.2, 0.25) is 11.6 Å². The van der Waals surface area contributed by atoms with Crippen molar-refractivity contribution in [1.82, 2.24) is 10.6 Å². The Bertz CT molecular complexity index is 3310. The molecule has 1 amide bonds. The number of carbonyl (C=O) groups excluding carboxylic acids is 1. The quantitative estimate of drug-likeness (QED) is 0.0135. The van der Waals surface area contributed by atoms with E-state index < -0.39 is 68.9 Å². The molecule has 0 aliphatic carbocycles. The SMILES string of the molecule is C=CCc1ccccc1OCC(O)CNCCOCCOCCOCCOCCNC(=O)CCCCCC1(C)\C(=C/C=C/C=C/C2=[N+](CCCS(=O)(=O)O)c3ccc(S(=O)(=O)O)cc3C2(C)C)N(CCCS(=O)(=O)[O-])c2ccc(S(=O)(=O)O)cc21. The van der Waals surface area contributed by atoms with Gasteiger partial charge in [-0.2, -0.15) is 29.8 Å². The molecule has 0 spiro atoms. The van der Waals surface area contributed by atoms with Crippen LogP contribution in [-0.4, -0.2) is 183 Å². The van der Waals surface area contributed by atoms with E-state index in [1.165, 1.54) is 36.4 Å². The molecule has 27 heteroatoms. The topological polar surface area (TPSA) is 334 Å². The van der Waals surface area contributed by atoms with E-state index in [0.29, 0.717) is 132 Å². The predicted molar refractivity (Wildman–Crippen MR) is 321 cm³/mol. The fourth-order valence-corrected chi connectivity index (χ4v) is 12.1. The van der Waals surface area contributed by atoms with Crippen LogP contribution in [0.4, 0.5) is 11.4 Å². The summed E-state index contributed by atoms with van der Waals surface area (Å²) in [5.41, 5.74) is 2.67. The van der Waals surface area contributed by atoms with E-state index in [-0.39, 0.29) is 61.3 Å². The van der Waals surface area contributed by atoms with Crippen LogP contribution in [0.15, 0.2) is 119 Å². The summed E-state index contributed by atoms with van der Waals surface area (Å²) in [4.78, 5) is 13.9. The Labute approximate surface area is 500 Å². The van der Waals surface area contributed by atoms with Gasteiger partial charge in [-0.1, -0.05) is 55.3 Å². The van der Waals surface area contributed by atoms with Crippen molar-refractivity contribution in [2.24, 2.45) is 0 Å². The van der Waals surface area contributed by atoms with Crippen LogP contribution < -0.4 is 20.3 Å². The Morgan fingerprint density at radius 3 is 2.00 bits per heavy atom. The monoisotopic (exact) mass is 1270 g/mol. The molecular formula is C58H82N4O19S4. The molecule has 0 fully saturated rings. The maximum Gasteiger partial charge on any atom is 0.294 e. The minimum absolute atomic E-state index is 0.0231. The van der Waals surface area contributed by atoms with E-state index in [1.54, 1.807) is 41.0 Å². The van der Waals surface area contributed by atoms with Crippen molar-refractivity contribution in [3.63, 3.8) is 0 Å². The highest BCUT2D eigenvalue weighted by atomic mass is 32.2. The van der Waals surface area contributed by atoms with Crippen LogP contribution in [0.3, 0.4) is 0 Å². The highest BCUT2D eigenvalue weighted by Crippen LogP contribution is 2.51. The minimum Gasteiger partial charge on any atom is -0.748 e. The summed E-state index contributed by atoms with van der Waals surface area (Å²) < 4.78 is 167. The second kappa shape index (κ2) is 33.2. The third kappa shape index (κ3) is 22.8. The number of aliphatic hydroxyl groups is 1. The molecule has 6 N–H and O–H groups in total. The number of hydrogen-bond donors (Lipinski definition) is 6. The Kier molecular flexibility index (Phi) is 27.5. The van der Waals surface area contributed by atoms with Gasteiger partial charge in [0.1, 0.15) is 25.0 Å². The molecule has 23 nitrogen and oxygen atoms in total. The number of fused-ring (bicyclic) bond motifs is 2. The summed E-state index contributed by atoms with van der Waals surface area (Å²) in [6.45, 7) is 13.8. The van der Waals surface area contributed by atoms with Gasteiger partial charge in [-0.15, -0.1) is 6.58 Å². The molecule has 2 atom stereocenters. The number of hydrogen-bond acceptors (Lipinski definition) is 18. The largest absolute Gasteiger partial charge is 0.748 e. The lowest BCUT2D eigenvalue weighted by atomic mass is 9.77.